The molecule has 3 rings (SSSR count). The molecule has 0 saturated carbocycles. The van der Waals surface area contributed by atoms with Crippen molar-refractivity contribution in [1.29, 1.82) is 0 Å². The second-order valence-electron chi connectivity index (χ2n) is 6.79. The van der Waals surface area contributed by atoms with Gasteiger partial charge in [0.15, 0.2) is 5.78 Å². The number of carbonyl (C=O) groups excluding carboxylic acids is 2. The number of carbonyl (C=O) groups is 2. The number of nitrogens with one attached hydrogen (secondary N) is 2. The Labute approximate surface area is 170 Å². The van der Waals surface area contributed by atoms with Gasteiger partial charge in [0.05, 0.1) is 0 Å². The summed E-state index contributed by atoms with van der Waals surface area (Å²) in [4.78, 5) is 23.7. The first-order chi connectivity index (χ1) is 14.0. The van der Waals surface area contributed by atoms with Crippen molar-refractivity contribution in [3.05, 3.63) is 90.0 Å². The van der Waals surface area contributed by atoms with E-state index in [1.807, 2.05) is 54.6 Å². The molecule has 0 saturated heterocycles. The third-order valence-corrected chi connectivity index (χ3v) is 4.44. The molecular weight excluding hydrogens is 364 g/mol. The van der Waals surface area contributed by atoms with Gasteiger partial charge >= 0.3 is 0 Å². The third-order valence-electron chi connectivity index (χ3n) is 4.44. The number of rotatable bonds is 8. The SMILES string of the molecule is CC(=O)c1ccc(NC(=O)[C@@H](C)Nc2ccc(OCc3ccccc3)cc2)cc1. The topological polar surface area (TPSA) is 67.4 Å². The summed E-state index contributed by atoms with van der Waals surface area (Å²) in [6.45, 7) is 3.81. The highest BCUT2D eigenvalue weighted by Gasteiger charge is 2.13. The Bertz CT molecular complexity index is 952. The summed E-state index contributed by atoms with van der Waals surface area (Å²) in [5.74, 6) is 0.598. The smallest absolute Gasteiger partial charge is 0.246 e. The largest absolute Gasteiger partial charge is 0.489 e. The Morgan fingerprint density at radius 3 is 2.10 bits per heavy atom. The molecule has 0 fully saturated rings. The number of Topliss-reactive ketones (excluding diaryl/α,β-unsaturated/α-hetero) is 1. The average molecular weight is 388 g/mol. The first kappa shape index (κ1) is 20.1. The summed E-state index contributed by atoms with van der Waals surface area (Å²) in [5, 5.41) is 6.01. The van der Waals surface area contributed by atoms with E-state index in [1.165, 1.54) is 6.92 Å². The molecule has 0 bridgehead atoms. The molecule has 0 heterocycles. The number of hydrogen-bond acceptors (Lipinski definition) is 4. The molecule has 29 heavy (non-hydrogen) atoms. The van der Waals surface area contributed by atoms with Gasteiger partial charge in [-0.15, -0.1) is 0 Å². The molecule has 2 N–H and O–H groups in total. The van der Waals surface area contributed by atoms with Crippen LogP contribution in [0.5, 0.6) is 5.75 Å². The van der Waals surface area contributed by atoms with Gasteiger partial charge in [-0.2, -0.15) is 0 Å². The molecule has 0 aliphatic heterocycles. The summed E-state index contributed by atoms with van der Waals surface area (Å²) in [6, 6.07) is 23.9. The fraction of sp³-hybridized carbons (Fsp3) is 0.167. The van der Waals surface area contributed by atoms with Crippen LogP contribution in [0.1, 0.15) is 29.8 Å². The minimum Gasteiger partial charge on any atom is -0.489 e. The van der Waals surface area contributed by atoms with Crippen LogP contribution in [0.4, 0.5) is 11.4 Å². The van der Waals surface area contributed by atoms with Crippen LogP contribution < -0.4 is 15.4 Å². The number of hydrogen-bond donors (Lipinski definition) is 2. The maximum absolute atomic E-state index is 12.4. The van der Waals surface area contributed by atoms with Crippen LogP contribution in [0.2, 0.25) is 0 Å². The van der Waals surface area contributed by atoms with E-state index in [4.69, 9.17) is 4.74 Å². The molecule has 5 nitrogen and oxygen atoms in total. The molecule has 148 valence electrons. The molecule has 3 aromatic rings. The van der Waals surface area contributed by atoms with E-state index in [0.29, 0.717) is 17.9 Å². The predicted octanol–water partition coefficient (Wildman–Crippen LogP) is 4.91. The normalized spacial score (nSPS) is 11.4. The summed E-state index contributed by atoms with van der Waals surface area (Å²) < 4.78 is 5.77. The van der Waals surface area contributed by atoms with Crippen LogP contribution in [-0.4, -0.2) is 17.7 Å². The second-order valence-corrected chi connectivity index (χ2v) is 6.79. The van der Waals surface area contributed by atoms with E-state index in [0.717, 1.165) is 17.0 Å². The van der Waals surface area contributed by atoms with Gasteiger partial charge in [-0.3, -0.25) is 9.59 Å². The minimum atomic E-state index is -0.432. The van der Waals surface area contributed by atoms with E-state index in [9.17, 15) is 9.59 Å². The Kier molecular flexibility index (Phi) is 6.63. The van der Waals surface area contributed by atoms with Gasteiger partial charge in [-0.05, 0) is 67.9 Å². The Morgan fingerprint density at radius 1 is 0.862 bits per heavy atom. The van der Waals surface area contributed by atoms with E-state index < -0.39 is 6.04 Å². The number of anilines is 2. The van der Waals surface area contributed by atoms with E-state index in [2.05, 4.69) is 10.6 Å². The minimum absolute atomic E-state index is 0.00546. The van der Waals surface area contributed by atoms with Gasteiger partial charge < -0.3 is 15.4 Å². The summed E-state index contributed by atoms with van der Waals surface area (Å²) >= 11 is 0. The van der Waals surface area contributed by atoms with Crippen LogP contribution in [0.25, 0.3) is 0 Å². The van der Waals surface area contributed by atoms with E-state index in [1.54, 1.807) is 31.2 Å². The molecule has 1 amide bonds. The summed E-state index contributed by atoms with van der Waals surface area (Å²) in [7, 11) is 0. The Balaban J connectivity index is 1.50. The first-order valence-corrected chi connectivity index (χ1v) is 9.46. The lowest BCUT2D eigenvalue weighted by Gasteiger charge is -2.16. The highest BCUT2D eigenvalue weighted by Crippen LogP contribution is 2.18. The number of ether oxygens (including phenoxy) is 1. The molecule has 0 aliphatic carbocycles. The average Bonchev–Trinajstić information content (AvgIpc) is 2.74. The van der Waals surface area contributed by atoms with Crippen molar-refractivity contribution in [3.8, 4) is 5.75 Å². The Morgan fingerprint density at radius 2 is 1.48 bits per heavy atom. The molecule has 5 heteroatoms. The lowest BCUT2D eigenvalue weighted by molar-refractivity contribution is -0.116. The fourth-order valence-corrected chi connectivity index (χ4v) is 2.74. The number of benzene rings is 3. The molecule has 0 aliphatic rings. The van der Waals surface area contributed by atoms with Crippen LogP contribution in [-0.2, 0) is 11.4 Å². The van der Waals surface area contributed by atoms with Crippen molar-refractivity contribution < 1.29 is 14.3 Å². The third kappa shape index (κ3) is 5.94. The van der Waals surface area contributed by atoms with Crippen molar-refractivity contribution in [3.63, 3.8) is 0 Å². The van der Waals surface area contributed by atoms with Crippen molar-refractivity contribution in [2.75, 3.05) is 10.6 Å². The molecule has 0 spiro atoms. The fourth-order valence-electron chi connectivity index (χ4n) is 2.74. The maximum Gasteiger partial charge on any atom is 0.246 e. The standard InChI is InChI=1S/C24H24N2O3/c1-17(24(28)26-22-10-8-20(9-11-22)18(2)27)25-21-12-14-23(15-13-21)29-16-19-6-4-3-5-7-19/h3-15,17,25H,16H2,1-2H3,(H,26,28)/t17-/m1/s1. The maximum atomic E-state index is 12.4. The lowest BCUT2D eigenvalue weighted by Crippen LogP contribution is -2.31. The van der Waals surface area contributed by atoms with Gasteiger partial charge in [0, 0.05) is 16.9 Å². The van der Waals surface area contributed by atoms with Crippen LogP contribution >= 0.6 is 0 Å². The van der Waals surface area contributed by atoms with Crippen molar-refractivity contribution >= 4 is 23.1 Å². The Hall–Kier alpha value is -3.60. The van der Waals surface area contributed by atoms with Crippen LogP contribution in [0.15, 0.2) is 78.9 Å². The summed E-state index contributed by atoms with van der Waals surface area (Å²) in [6.07, 6.45) is 0. The van der Waals surface area contributed by atoms with Crippen molar-refractivity contribution in [2.24, 2.45) is 0 Å². The predicted molar refractivity (Wildman–Crippen MR) is 115 cm³/mol. The van der Waals surface area contributed by atoms with Gasteiger partial charge in [0.25, 0.3) is 0 Å². The number of amides is 1. The molecule has 0 radical (unpaired) electrons. The highest BCUT2D eigenvalue weighted by atomic mass is 16.5. The van der Waals surface area contributed by atoms with Gasteiger partial charge in [0.1, 0.15) is 18.4 Å². The number of ketones is 1. The first-order valence-electron chi connectivity index (χ1n) is 9.46. The van der Waals surface area contributed by atoms with Gasteiger partial charge in [-0.1, -0.05) is 30.3 Å². The zero-order chi connectivity index (χ0) is 20.6. The van der Waals surface area contributed by atoms with E-state index in [-0.39, 0.29) is 11.7 Å². The second kappa shape index (κ2) is 9.55. The van der Waals surface area contributed by atoms with Crippen molar-refractivity contribution in [1.82, 2.24) is 0 Å². The summed E-state index contributed by atoms with van der Waals surface area (Å²) in [5.41, 5.74) is 3.20. The quantitative estimate of drug-likeness (QED) is 0.538. The van der Waals surface area contributed by atoms with Gasteiger partial charge in [0.2, 0.25) is 5.91 Å². The van der Waals surface area contributed by atoms with Crippen LogP contribution in [0.3, 0.4) is 0 Å². The van der Waals surface area contributed by atoms with Crippen LogP contribution in [0, 0.1) is 0 Å². The lowest BCUT2D eigenvalue weighted by atomic mass is 10.1. The van der Waals surface area contributed by atoms with Gasteiger partial charge in [-0.25, -0.2) is 0 Å². The molecular formula is C24H24N2O3. The molecule has 0 unspecified atom stereocenters. The molecule has 1 atom stereocenters. The molecule has 0 aromatic heterocycles. The highest BCUT2D eigenvalue weighted by molar-refractivity contribution is 5.97. The molecule has 3 aromatic carbocycles. The monoisotopic (exact) mass is 388 g/mol. The van der Waals surface area contributed by atoms with Crippen molar-refractivity contribution in [2.45, 2.75) is 26.5 Å². The van der Waals surface area contributed by atoms with E-state index >= 15 is 0 Å². The zero-order valence-electron chi connectivity index (χ0n) is 16.5. The zero-order valence-corrected chi connectivity index (χ0v) is 16.5.